The fraction of sp³-hybridized carbons (Fsp3) is 0.375. The van der Waals surface area contributed by atoms with Crippen LogP contribution in [0.3, 0.4) is 0 Å². The predicted octanol–water partition coefficient (Wildman–Crippen LogP) is 4.43. The molecule has 1 saturated heterocycles. The molecule has 2 aromatic carbocycles. The minimum Gasteiger partial charge on any atom is -0.372 e. The normalized spacial score (nSPS) is 19.1. The van der Waals surface area contributed by atoms with Gasteiger partial charge in [-0.05, 0) is 69.9 Å². The molecule has 1 N–H and O–H groups in total. The van der Waals surface area contributed by atoms with Crippen LogP contribution in [0.2, 0.25) is 0 Å². The molecule has 4 rings (SSSR count). The second kappa shape index (κ2) is 8.04. The first kappa shape index (κ1) is 21.4. The first-order valence-corrected chi connectivity index (χ1v) is 12.1. The van der Waals surface area contributed by atoms with Crippen LogP contribution in [0.1, 0.15) is 45.6 Å². The van der Waals surface area contributed by atoms with E-state index < -0.39 is 21.5 Å². The van der Waals surface area contributed by atoms with Gasteiger partial charge in [0.25, 0.3) is 15.9 Å². The van der Waals surface area contributed by atoms with Gasteiger partial charge in [0.1, 0.15) is 10.6 Å². The third-order valence-electron chi connectivity index (χ3n) is 5.63. The number of benzene rings is 2. The molecule has 7 heteroatoms. The first-order valence-electron chi connectivity index (χ1n) is 10.7. The Bertz CT molecular complexity index is 1100. The molecule has 0 spiro atoms. The smallest absolute Gasteiger partial charge is 0.285 e. The molecule has 2 aliphatic rings. The largest absolute Gasteiger partial charge is 0.372 e. The summed E-state index contributed by atoms with van der Waals surface area (Å²) in [5.74, 6) is -0.536. The molecule has 0 atom stereocenters. The van der Waals surface area contributed by atoms with E-state index in [2.05, 4.69) is 10.2 Å². The predicted molar refractivity (Wildman–Crippen MR) is 125 cm³/mol. The average Bonchev–Trinajstić information content (AvgIpc) is 2.94. The van der Waals surface area contributed by atoms with Crippen LogP contribution in [0.25, 0.3) is 4.91 Å². The maximum Gasteiger partial charge on any atom is 0.285 e. The number of anilines is 2. The van der Waals surface area contributed by atoms with Gasteiger partial charge in [-0.15, -0.1) is 0 Å². The molecule has 164 valence electrons. The zero-order valence-electron chi connectivity index (χ0n) is 18.3. The molecule has 0 unspecified atom stereocenters. The van der Waals surface area contributed by atoms with E-state index in [1.54, 1.807) is 45.0 Å². The molecule has 2 aromatic rings. The summed E-state index contributed by atoms with van der Waals surface area (Å²) in [7, 11) is -3.99. The Hall–Kier alpha value is -2.80. The Morgan fingerprint density at radius 1 is 0.871 bits per heavy atom. The van der Waals surface area contributed by atoms with Crippen molar-refractivity contribution < 1.29 is 13.2 Å². The van der Waals surface area contributed by atoms with Crippen LogP contribution in [-0.4, -0.2) is 37.3 Å². The van der Waals surface area contributed by atoms with Gasteiger partial charge in [0, 0.05) is 24.5 Å². The lowest BCUT2D eigenvalue weighted by Gasteiger charge is -2.30. The fourth-order valence-corrected chi connectivity index (χ4v) is 6.28. The van der Waals surface area contributed by atoms with Gasteiger partial charge in [0.15, 0.2) is 0 Å². The highest BCUT2D eigenvalue weighted by molar-refractivity contribution is 7.99. The third kappa shape index (κ3) is 4.06. The number of carbonyl (C=O) groups is 1. The molecule has 1 fully saturated rings. The minimum absolute atomic E-state index is 0.0214. The van der Waals surface area contributed by atoms with Gasteiger partial charge in [-0.25, -0.2) is 12.7 Å². The van der Waals surface area contributed by atoms with Crippen molar-refractivity contribution in [3.63, 3.8) is 0 Å². The first-order chi connectivity index (χ1) is 14.7. The molecule has 0 bridgehead atoms. The summed E-state index contributed by atoms with van der Waals surface area (Å²) in [5.41, 5.74) is 1.53. The van der Waals surface area contributed by atoms with Gasteiger partial charge < -0.3 is 10.2 Å². The zero-order valence-corrected chi connectivity index (χ0v) is 19.1. The van der Waals surface area contributed by atoms with E-state index in [0.29, 0.717) is 11.3 Å². The number of hydrogen-bond donors (Lipinski definition) is 1. The van der Waals surface area contributed by atoms with Crippen LogP contribution in [-0.2, 0) is 14.8 Å². The van der Waals surface area contributed by atoms with Crippen LogP contribution in [0, 0.1) is 0 Å². The molecule has 0 aliphatic carbocycles. The molecule has 2 heterocycles. The Morgan fingerprint density at radius 3 is 2.06 bits per heavy atom. The molecular formula is C24H29N3O3S. The Balaban J connectivity index is 1.72. The van der Waals surface area contributed by atoms with Gasteiger partial charge in [-0.3, -0.25) is 4.79 Å². The fourth-order valence-electron chi connectivity index (χ4n) is 4.24. The van der Waals surface area contributed by atoms with E-state index >= 15 is 0 Å². The molecule has 1 amide bonds. The van der Waals surface area contributed by atoms with E-state index in [9.17, 15) is 13.2 Å². The standard InChI is InChI=1S/C24H29N3O3S/c1-24(2,3)27-23(28)21(22(31(27,29)30)18-10-6-4-7-11-18)25-19-12-14-20(15-13-19)26-16-8-5-9-17-26/h4,6-7,10-15,25H,5,8-9,16-17H2,1-3H3. The van der Waals surface area contributed by atoms with Gasteiger partial charge in [0.05, 0.1) is 5.54 Å². The van der Waals surface area contributed by atoms with Crippen molar-refractivity contribution in [3.05, 3.63) is 65.9 Å². The van der Waals surface area contributed by atoms with E-state index in [1.807, 2.05) is 30.3 Å². The molecule has 0 radical (unpaired) electrons. The lowest BCUT2D eigenvalue weighted by atomic mass is 10.1. The van der Waals surface area contributed by atoms with Gasteiger partial charge >= 0.3 is 0 Å². The van der Waals surface area contributed by atoms with Crippen molar-refractivity contribution in [2.75, 3.05) is 23.3 Å². The van der Waals surface area contributed by atoms with Crippen LogP contribution in [0.15, 0.2) is 60.3 Å². The summed E-state index contributed by atoms with van der Waals surface area (Å²) in [4.78, 5) is 15.7. The molecular weight excluding hydrogens is 410 g/mol. The van der Waals surface area contributed by atoms with Gasteiger partial charge in [-0.1, -0.05) is 30.3 Å². The van der Waals surface area contributed by atoms with Crippen molar-refractivity contribution in [2.24, 2.45) is 0 Å². The molecule has 0 saturated carbocycles. The van der Waals surface area contributed by atoms with Crippen LogP contribution in [0.4, 0.5) is 11.4 Å². The number of sulfonamides is 1. The lowest BCUT2D eigenvalue weighted by Crippen LogP contribution is -2.46. The van der Waals surface area contributed by atoms with Crippen molar-refractivity contribution >= 4 is 32.2 Å². The van der Waals surface area contributed by atoms with Gasteiger partial charge in [-0.2, -0.15) is 0 Å². The average molecular weight is 440 g/mol. The SMILES string of the molecule is CC(C)(C)N1C(=O)C(Nc2ccc(N3CCCCC3)cc2)=C(c2ccccc2)S1(=O)=O. The number of carbonyl (C=O) groups excluding carboxylic acids is 1. The van der Waals surface area contributed by atoms with Crippen molar-refractivity contribution in [3.8, 4) is 0 Å². The Labute approximate surface area is 184 Å². The highest BCUT2D eigenvalue weighted by Crippen LogP contribution is 2.40. The van der Waals surface area contributed by atoms with Crippen molar-refractivity contribution in [1.29, 1.82) is 0 Å². The maximum atomic E-state index is 13.4. The minimum atomic E-state index is -3.99. The van der Waals surface area contributed by atoms with Gasteiger partial charge in [0.2, 0.25) is 0 Å². The number of nitrogens with one attached hydrogen (secondary N) is 1. The maximum absolute atomic E-state index is 13.4. The van der Waals surface area contributed by atoms with E-state index in [0.717, 1.165) is 23.1 Å². The van der Waals surface area contributed by atoms with E-state index in [-0.39, 0.29) is 10.6 Å². The Morgan fingerprint density at radius 2 is 1.48 bits per heavy atom. The molecule has 6 nitrogen and oxygen atoms in total. The van der Waals surface area contributed by atoms with Crippen LogP contribution >= 0.6 is 0 Å². The van der Waals surface area contributed by atoms with Crippen molar-refractivity contribution in [2.45, 2.75) is 45.6 Å². The topological polar surface area (TPSA) is 69.7 Å². The van der Waals surface area contributed by atoms with E-state index in [4.69, 9.17) is 0 Å². The summed E-state index contributed by atoms with van der Waals surface area (Å²) in [6, 6.07) is 16.6. The summed E-state index contributed by atoms with van der Waals surface area (Å²) in [6.45, 7) is 7.27. The molecule has 0 aromatic heterocycles. The van der Waals surface area contributed by atoms with Crippen LogP contribution in [0.5, 0.6) is 0 Å². The Kier molecular flexibility index (Phi) is 5.56. The number of piperidine rings is 1. The number of nitrogens with zero attached hydrogens (tertiary/aromatic N) is 2. The summed E-state index contributed by atoms with van der Waals surface area (Å²) >= 11 is 0. The summed E-state index contributed by atoms with van der Waals surface area (Å²) in [6.07, 6.45) is 3.66. The van der Waals surface area contributed by atoms with E-state index in [1.165, 1.54) is 19.3 Å². The van der Waals surface area contributed by atoms with Crippen molar-refractivity contribution in [1.82, 2.24) is 4.31 Å². The molecule has 31 heavy (non-hydrogen) atoms. The summed E-state index contributed by atoms with van der Waals surface area (Å²) in [5, 5.41) is 3.12. The quantitative estimate of drug-likeness (QED) is 0.763. The second-order valence-corrected chi connectivity index (χ2v) is 10.8. The molecule has 2 aliphatic heterocycles. The monoisotopic (exact) mass is 439 g/mol. The zero-order chi connectivity index (χ0) is 22.2. The second-order valence-electron chi connectivity index (χ2n) is 9.04. The number of rotatable bonds is 4. The number of amides is 1. The highest BCUT2D eigenvalue weighted by Gasteiger charge is 2.49. The highest BCUT2D eigenvalue weighted by atomic mass is 32.2. The number of hydrogen-bond acceptors (Lipinski definition) is 5. The summed E-state index contributed by atoms with van der Waals surface area (Å²) < 4.78 is 27.8. The third-order valence-corrected chi connectivity index (χ3v) is 7.78. The van der Waals surface area contributed by atoms with Crippen LogP contribution < -0.4 is 10.2 Å². The lowest BCUT2D eigenvalue weighted by molar-refractivity contribution is -0.124.